The Morgan fingerprint density at radius 3 is 2.65 bits per heavy atom. The SMILES string of the molecule is NC(=S)c1ccc(N2CCCc3ccccc3C2)cn1. The summed E-state index contributed by atoms with van der Waals surface area (Å²) in [4.78, 5) is 7.04. The number of benzene rings is 1. The van der Waals surface area contributed by atoms with Crippen LogP contribution in [0.5, 0.6) is 0 Å². The normalized spacial score (nSPS) is 14.5. The van der Waals surface area contributed by atoms with E-state index in [1.165, 1.54) is 11.1 Å². The zero-order valence-corrected chi connectivity index (χ0v) is 12.1. The standard InChI is InChI=1S/C16H17N3S/c17-16(20)15-8-7-14(10-18-15)19-9-3-6-12-4-1-2-5-13(12)11-19/h1-2,4-5,7-8,10H,3,6,9,11H2,(H2,17,20). The summed E-state index contributed by atoms with van der Waals surface area (Å²) in [5.41, 5.74) is 10.3. The maximum absolute atomic E-state index is 5.59. The first-order valence-electron chi connectivity index (χ1n) is 6.81. The van der Waals surface area contributed by atoms with Crippen LogP contribution in [-0.2, 0) is 13.0 Å². The van der Waals surface area contributed by atoms with Crippen molar-refractivity contribution in [2.24, 2.45) is 5.73 Å². The van der Waals surface area contributed by atoms with E-state index in [2.05, 4.69) is 40.2 Å². The van der Waals surface area contributed by atoms with Crippen LogP contribution in [0.25, 0.3) is 0 Å². The van der Waals surface area contributed by atoms with Gasteiger partial charge in [0, 0.05) is 13.1 Å². The van der Waals surface area contributed by atoms with Crippen LogP contribution in [-0.4, -0.2) is 16.5 Å². The van der Waals surface area contributed by atoms with Crippen molar-refractivity contribution in [1.82, 2.24) is 4.98 Å². The highest BCUT2D eigenvalue weighted by molar-refractivity contribution is 7.80. The number of thiocarbonyl (C=S) groups is 1. The van der Waals surface area contributed by atoms with Gasteiger partial charge in [0.2, 0.25) is 0 Å². The second-order valence-corrected chi connectivity index (χ2v) is 5.50. The second kappa shape index (κ2) is 5.59. The number of anilines is 1. The molecule has 0 amide bonds. The van der Waals surface area contributed by atoms with Crippen molar-refractivity contribution in [1.29, 1.82) is 0 Å². The fourth-order valence-electron chi connectivity index (χ4n) is 2.64. The smallest absolute Gasteiger partial charge is 0.122 e. The fourth-order valence-corrected chi connectivity index (χ4v) is 2.76. The van der Waals surface area contributed by atoms with Crippen molar-refractivity contribution in [3.63, 3.8) is 0 Å². The van der Waals surface area contributed by atoms with E-state index in [0.717, 1.165) is 31.6 Å². The maximum Gasteiger partial charge on any atom is 0.122 e. The van der Waals surface area contributed by atoms with Gasteiger partial charge in [-0.25, -0.2) is 0 Å². The quantitative estimate of drug-likeness (QED) is 0.861. The Morgan fingerprint density at radius 2 is 1.95 bits per heavy atom. The monoisotopic (exact) mass is 283 g/mol. The highest BCUT2D eigenvalue weighted by Crippen LogP contribution is 2.23. The molecule has 0 atom stereocenters. The molecule has 3 nitrogen and oxygen atoms in total. The molecule has 1 aromatic carbocycles. The number of pyridine rings is 1. The van der Waals surface area contributed by atoms with Crippen molar-refractivity contribution >= 4 is 22.9 Å². The first kappa shape index (κ1) is 13.1. The molecule has 0 spiro atoms. The Morgan fingerprint density at radius 1 is 1.15 bits per heavy atom. The molecule has 0 bridgehead atoms. The molecular formula is C16H17N3S. The summed E-state index contributed by atoms with van der Waals surface area (Å²) in [7, 11) is 0. The minimum atomic E-state index is 0.345. The van der Waals surface area contributed by atoms with Crippen LogP contribution in [0.4, 0.5) is 5.69 Å². The maximum atomic E-state index is 5.59. The Kier molecular flexibility index (Phi) is 3.65. The predicted molar refractivity (Wildman–Crippen MR) is 85.9 cm³/mol. The van der Waals surface area contributed by atoms with Crippen LogP contribution >= 0.6 is 12.2 Å². The molecule has 2 heterocycles. The van der Waals surface area contributed by atoms with Crippen LogP contribution in [0, 0.1) is 0 Å². The predicted octanol–water partition coefficient (Wildman–Crippen LogP) is 2.67. The van der Waals surface area contributed by atoms with Gasteiger partial charge < -0.3 is 10.6 Å². The Bertz CT molecular complexity index is 622. The number of fused-ring (bicyclic) bond motifs is 1. The second-order valence-electron chi connectivity index (χ2n) is 5.06. The molecule has 0 radical (unpaired) electrons. The number of aromatic nitrogens is 1. The van der Waals surface area contributed by atoms with Gasteiger partial charge in [-0.05, 0) is 36.1 Å². The van der Waals surface area contributed by atoms with E-state index >= 15 is 0 Å². The average molecular weight is 283 g/mol. The minimum absolute atomic E-state index is 0.345. The van der Waals surface area contributed by atoms with Crippen molar-refractivity contribution < 1.29 is 0 Å². The Hall–Kier alpha value is -1.94. The number of rotatable bonds is 2. The molecule has 1 aromatic heterocycles. The highest BCUT2D eigenvalue weighted by Gasteiger charge is 2.14. The zero-order valence-electron chi connectivity index (χ0n) is 11.2. The highest BCUT2D eigenvalue weighted by atomic mass is 32.1. The summed E-state index contributed by atoms with van der Waals surface area (Å²) in [6.07, 6.45) is 4.17. The van der Waals surface area contributed by atoms with Crippen LogP contribution in [0.15, 0.2) is 42.6 Å². The van der Waals surface area contributed by atoms with Crippen LogP contribution in [0.3, 0.4) is 0 Å². The topological polar surface area (TPSA) is 42.1 Å². The van der Waals surface area contributed by atoms with Gasteiger partial charge in [-0.1, -0.05) is 36.5 Å². The number of nitrogens with zero attached hydrogens (tertiary/aromatic N) is 2. The van der Waals surface area contributed by atoms with Gasteiger partial charge >= 0.3 is 0 Å². The van der Waals surface area contributed by atoms with E-state index in [1.807, 2.05) is 12.3 Å². The van der Waals surface area contributed by atoms with Gasteiger partial charge in [0.15, 0.2) is 0 Å². The first-order valence-corrected chi connectivity index (χ1v) is 7.22. The van der Waals surface area contributed by atoms with Crippen molar-refractivity contribution in [3.05, 3.63) is 59.4 Å². The summed E-state index contributed by atoms with van der Waals surface area (Å²) in [6.45, 7) is 1.98. The van der Waals surface area contributed by atoms with Gasteiger partial charge in [0.05, 0.1) is 17.6 Å². The van der Waals surface area contributed by atoms with Gasteiger partial charge in [0.25, 0.3) is 0 Å². The molecule has 0 unspecified atom stereocenters. The Labute approximate surface area is 124 Å². The summed E-state index contributed by atoms with van der Waals surface area (Å²) in [6, 6.07) is 12.6. The molecule has 0 saturated heterocycles. The molecule has 4 heteroatoms. The molecule has 1 aliphatic heterocycles. The third-order valence-corrected chi connectivity index (χ3v) is 3.93. The van der Waals surface area contributed by atoms with E-state index in [9.17, 15) is 0 Å². The molecule has 0 fully saturated rings. The lowest BCUT2D eigenvalue weighted by atomic mass is 10.0. The number of nitrogens with two attached hydrogens (primary N) is 1. The Balaban J connectivity index is 1.85. The molecule has 0 aliphatic carbocycles. The fraction of sp³-hybridized carbons (Fsp3) is 0.250. The lowest BCUT2D eigenvalue weighted by Gasteiger charge is -2.23. The summed E-state index contributed by atoms with van der Waals surface area (Å²) < 4.78 is 0. The van der Waals surface area contributed by atoms with Gasteiger partial charge in [-0.3, -0.25) is 4.98 Å². The first-order chi connectivity index (χ1) is 9.74. The number of hydrogen-bond acceptors (Lipinski definition) is 3. The van der Waals surface area contributed by atoms with E-state index in [0.29, 0.717) is 10.7 Å². The van der Waals surface area contributed by atoms with E-state index in [1.54, 1.807) is 0 Å². The van der Waals surface area contributed by atoms with Crippen molar-refractivity contribution in [2.75, 3.05) is 11.4 Å². The molecule has 102 valence electrons. The van der Waals surface area contributed by atoms with Gasteiger partial charge in [-0.2, -0.15) is 0 Å². The lowest BCUT2D eigenvalue weighted by Crippen LogP contribution is -2.23. The molecule has 20 heavy (non-hydrogen) atoms. The molecule has 0 saturated carbocycles. The minimum Gasteiger partial charge on any atom is -0.388 e. The molecule has 3 rings (SSSR count). The third-order valence-electron chi connectivity index (χ3n) is 3.72. The van der Waals surface area contributed by atoms with Crippen molar-refractivity contribution in [2.45, 2.75) is 19.4 Å². The van der Waals surface area contributed by atoms with Crippen LogP contribution in [0.1, 0.15) is 23.2 Å². The number of aryl methyl sites for hydroxylation is 1. The van der Waals surface area contributed by atoms with E-state index in [-0.39, 0.29) is 0 Å². The summed E-state index contributed by atoms with van der Waals surface area (Å²) in [5.74, 6) is 0. The van der Waals surface area contributed by atoms with Crippen LogP contribution in [0.2, 0.25) is 0 Å². The molecule has 2 aromatic rings. The van der Waals surface area contributed by atoms with E-state index in [4.69, 9.17) is 18.0 Å². The zero-order chi connectivity index (χ0) is 13.9. The molecule has 2 N–H and O–H groups in total. The summed E-state index contributed by atoms with van der Waals surface area (Å²) in [5, 5.41) is 0. The van der Waals surface area contributed by atoms with Crippen LogP contribution < -0.4 is 10.6 Å². The lowest BCUT2D eigenvalue weighted by molar-refractivity contribution is 0.764. The van der Waals surface area contributed by atoms with E-state index < -0.39 is 0 Å². The molecule has 1 aliphatic rings. The number of hydrogen-bond donors (Lipinski definition) is 1. The average Bonchev–Trinajstić information content (AvgIpc) is 2.69. The summed E-state index contributed by atoms with van der Waals surface area (Å²) >= 11 is 4.94. The van der Waals surface area contributed by atoms with Gasteiger partial charge in [-0.15, -0.1) is 0 Å². The van der Waals surface area contributed by atoms with Gasteiger partial charge in [0.1, 0.15) is 4.99 Å². The largest absolute Gasteiger partial charge is 0.388 e. The third kappa shape index (κ3) is 2.65. The molecular weight excluding hydrogens is 266 g/mol. The van der Waals surface area contributed by atoms with Crippen molar-refractivity contribution in [3.8, 4) is 0 Å².